The molecular weight excluding hydrogens is 220 g/mol. The van der Waals surface area contributed by atoms with E-state index in [4.69, 9.17) is 0 Å². The summed E-state index contributed by atoms with van der Waals surface area (Å²) in [6.45, 7) is 0. The summed E-state index contributed by atoms with van der Waals surface area (Å²) in [5.41, 5.74) is 0.880. The largest absolute Gasteiger partial charge is 0.313 e. The van der Waals surface area contributed by atoms with Crippen LogP contribution in [-0.4, -0.2) is 7.05 Å². The maximum Gasteiger partial charge on any atom is 0.159 e. The van der Waals surface area contributed by atoms with Crippen molar-refractivity contribution in [1.29, 1.82) is 0 Å². The number of nitrogens with one attached hydrogen (secondary N) is 1. The first-order valence-electron chi connectivity index (χ1n) is 6.34. The van der Waals surface area contributed by atoms with Crippen LogP contribution in [0.15, 0.2) is 18.2 Å². The van der Waals surface area contributed by atoms with Gasteiger partial charge in [-0.05, 0) is 55.3 Å². The molecule has 0 aliphatic heterocycles. The van der Waals surface area contributed by atoms with Crippen molar-refractivity contribution in [3.63, 3.8) is 0 Å². The minimum Gasteiger partial charge on any atom is -0.313 e. The third-order valence-corrected chi connectivity index (χ3v) is 4.47. The SMILES string of the molecule is CNC(c1ccc(F)c(F)c1)C1C2CCCC21. The molecule has 2 saturated carbocycles. The van der Waals surface area contributed by atoms with Crippen molar-refractivity contribution < 1.29 is 8.78 Å². The number of halogens is 2. The van der Waals surface area contributed by atoms with Crippen molar-refractivity contribution >= 4 is 0 Å². The Balaban J connectivity index is 1.83. The van der Waals surface area contributed by atoms with Crippen LogP contribution in [-0.2, 0) is 0 Å². The van der Waals surface area contributed by atoms with Crippen molar-refractivity contribution in [3.8, 4) is 0 Å². The average Bonchev–Trinajstić information content (AvgIpc) is 2.79. The van der Waals surface area contributed by atoms with Crippen LogP contribution in [0.5, 0.6) is 0 Å². The lowest BCUT2D eigenvalue weighted by Crippen LogP contribution is -2.20. The monoisotopic (exact) mass is 237 g/mol. The molecule has 0 bridgehead atoms. The zero-order valence-corrected chi connectivity index (χ0v) is 9.92. The maximum atomic E-state index is 13.2. The Labute approximate surface area is 100 Å². The molecule has 17 heavy (non-hydrogen) atoms. The zero-order valence-electron chi connectivity index (χ0n) is 9.92. The first kappa shape index (κ1) is 11.1. The van der Waals surface area contributed by atoms with Crippen LogP contribution in [0.1, 0.15) is 30.9 Å². The van der Waals surface area contributed by atoms with Crippen LogP contribution in [0.3, 0.4) is 0 Å². The minimum absolute atomic E-state index is 0.181. The highest BCUT2D eigenvalue weighted by atomic mass is 19.2. The standard InChI is InChI=1S/C14H17F2N/c1-17-14(13-9-3-2-4-10(9)13)8-5-6-11(15)12(16)7-8/h5-7,9-10,13-14,17H,2-4H2,1H3. The first-order chi connectivity index (χ1) is 8.22. The summed E-state index contributed by atoms with van der Waals surface area (Å²) < 4.78 is 26.2. The van der Waals surface area contributed by atoms with Gasteiger partial charge in [-0.2, -0.15) is 0 Å². The molecule has 0 aromatic heterocycles. The number of fused-ring (bicyclic) bond motifs is 1. The van der Waals surface area contributed by atoms with Gasteiger partial charge in [0, 0.05) is 6.04 Å². The van der Waals surface area contributed by atoms with Crippen molar-refractivity contribution in [1.82, 2.24) is 5.32 Å². The summed E-state index contributed by atoms with van der Waals surface area (Å²) in [6.07, 6.45) is 3.94. The molecule has 3 heteroatoms. The Morgan fingerprint density at radius 3 is 2.47 bits per heavy atom. The van der Waals surface area contributed by atoms with Gasteiger partial charge in [0.1, 0.15) is 0 Å². The summed E-state index contributed by atoms with van der Waals surface area (Å²) in [7, 11) is 1.90. The van der Waals surface area contributed by atoms with E-state index in [2.05, 4.69) is 5.32 Å². The van der Waals surface area contributed by atoms with Crippen LogP contribution >= 0.6 is 0 Å². The molecule has 0 spiro atoms. The number of hydrogen-bond donors (Lipinski definition) is 1. The zero-order chi connectivity index (χ0) is 12.0. The number of hydrogen-bond acceptors (Lipinski definition) is 1. The van der Waals surface area contributed by atoms with Gasteiger partial charge in [0.25, 0.3) is 0 Å². The van der Waals surface area contributed by atoms with Crippen molar-refractivity contribution in [2.24, 2.45) is 17.8 Å². The molecule has 0 amide bonds. The van der Waals surface area contributed by atoms with E-state index in [0.717, 1.165) is 17.4 Å². The van der Waals surface area contributed by atoms with Gasteiger partial charge in [-0.25, -0.2) is 8.78 Å². The second-order valence-electron chi connectivity index (χ2n) is 5.28. The van der Waals surface area contributed by atoms with Crippen LogP contribution in [0.4, 0.5) is 8.78 Å². The molecule has 0 saturated heterocycles. The second-order valence-corrected chi connectivity index (χ2v) is 5.28. The minimum atomic E-state index is -0.764. The van der Waals surface area contributed by atoms with Crippen LogP contribution in [0.2, 0.25) is 0 Å². The summed E-state index contributed by atoms with van der Waals surface area (Å²) >= 11 is 0. The van der Waals surface area contributed by atoms with Crippen molar-refractivity contribution in [3.05, 3.63) is 35.4 Å². The summed E-state index contributed by atoms with van der Waals surface area (Å²) in [4.78, 5) is 0. The van der Waals surface area contributed by atoms with Gasteiger partial charge in [0.2, 0.25) is 0 Å². The fourth-order valence-electron chi connectivity index (χ4n) is 3.66. The number of benzene rings is 1. The topological polar surface area (TPSA) is 12.0 Å². The molecule has 92 valence electrons. The van der Waals surface area contributed by atoms with Gasteiger partial charge in [-0.1, -0.05) is 12.5 Å². The van der Waals surface area contributed by atoms with Gasteiger partial charge in [-0.3, -0.25) is 0 Å². The molecule has 1 nitrogen and oxygen atoms in total. The molecule has 1 N–H and O–H groups in total. The first-order valence-corrected chi connectivity index (χ1v) is 6.34. The lowest BCUT2D eigenvalue weighted by molar-refractivity contribution is 0.438. The maximum absolute atomic E-state index is 13.2. The van der Waals surface area contributed by atoms with E-state index in [1.807, 2.05) is 7.05 Å². The highest BCUT2D eigenvalue weighted by Gasteiger charge is 2.55. The summed E-state index contributed by atoms with van der Waals surface area (Å²) in [5.74, 6) is 0.730. The Hall–Kier alpha value is -0.960. The van der Waals surface area contributed by atoms with E-state index >= 15 is 0 Å². The van der Waals surface area contributed by atoms with E-state index in [9.17, 15) is 8.78 Å². The van der Waals surface area contributed by atoms with Gasteiger partial charge in [0.05, 0.1) is 0 Å². The fraction of sp³-hybridized carbons (Fsp3) is 0.571. The van der Waals surface area contributed by atoms with Gasteiger partial charge in [0.15, 0.2) is 11.6 Å². The summed E-state index contributed by atoms with van der Waals surface area (Å²) in [6, 6.07) is 4.45. The Morgan fingerprint density at radius 1 is 1.18 bits per heavy atom. The van der Waals surface area contributed by atoms with Gasteiger partial charge < -0.3 is 5.32 Å². The van der Waals surface area contributed by atoms with E-state index < -0.39 is 11.6 Å². The molecule has 3 rings (SSSR count). The molecule has 2 aliphatic rings. The van der Waals surface area contributed by atoms with Crippen LogP contribution in [0, 0.1) is 29.4 Å². The predicted octanol–water partition coefficient (Wildman–Crippen LogP) is 3.27. The van der Waals surface area contributed by atoms with Crippen molar-refractivity contribution in [2.45, 2.75) is 25.3 Å². The van der Waals surface area contributed by atoms with Gasteiger partial charge >= 0.3 is 0 Å². The highest BCUT2D eigenvalue weighted by Crippen LogP contribution is 2.62. The van der Waals surface area contributed by atoms with Crippen LogP contribution < -0.4 is 5.32 Å². The van der Waals surface area contributed by atoms with E-state index in [0.29, 0.717) is 5.92 Å². The lowest BCUT2D eigenvalue weighted by atomic mass is 9.97. The van der Waals surface area contributed by atoms with E-state index in [1.165, 1.54) is 31.4 Å². The van der Waals surface area contributed by atoms with E-state index in [-0.39, 0.29) is 6.04 Å². The molecule has 0 heterocycles. The van der Waals surface area contributed by atoms with Crippen molar-refractivity contribution in [2.75, 3.05) is 7.05 Å². The molecule has 3 atom stereocenters. The Morgan fingerprint density at radius 2 is 1.88 bits per heavy atom. The average molecular weight is 237 g/mol. The predicted molar refractivity (Wildman–Crippen MR) is 62.5 cm³/mol. The molecule has 2 aliphatic carbocycles. The quantitative estimate of drug-likeness (QED) is 0.850. The molecule has 0 radical (unpaired) electrons. The molecule has 3 unspecified atom stereocenters. The van der Waals surface area contributed by atoms with E-state index in [1.54, 1.807) is 6.07 Å². The van der Waals surface area contributed by atoms with Crippen LogP contribution in [0.25, 0.3) is 0 Å². The molecule has 1 aromatic rings. The third kappa shape index (κ3) is 1.77. The second kappa shape index (κ2) is 4.05. The Kier molecular flexibility index (Phi) is 2.66. The lowest BCUT2D eigenvalue weighted by Gasteiger charge is -2.18. The summed E-state index contributed by atoms with van der Waals surface area (Å²) in [5, 5.41) is 3.27. The fourth-order valence-corrected chi connectivity index (χ4v) is 3.66. The number of rotatable bonds is 3. The smallest absolute Gasteiger partial charge is 0.159 e. The van der Waals surface area contributed by atoms with Gasteiger partial charge in [-0.15, -0.1) is 0 Å². The highest BCUT2D eigenvalue weighted by molar-refractivity contribution is 5.25. The Bertz CT molecular complexity index is 422. The normalized spacial score (nSPS) is 32.3. The molecule has 2 fully saturated rings. The molecular formula is C14H17F2N. The third-order valence-electron chi connectivity index (χ3n) is 4.47. The molecule has 1 aromatic carbocycles.